The summed E-state index contributed by atoms with van der Waals surface area (Å²) in [4.78, 5) is 29.8. The fourth-order valence-electron chi connectivity index (χ4n) is 2.30. The van der Waals surface area contributed by atoms with Gasteiger partial charge in [0.1, 0.15) is 0 Å². The van der Waals surface area contributed by atoms with Crippen LogP contribution in [0.4, 0.5) is 0 Å². The van der Waals surface area contributed by atoms with Gasteiger partial charge in [0.15, 0.2) is 5.16 Å². The van der Waals surface area contributed by atoms with E-state index in [0.717, 1.165) is 4.47 Å². The zero-order valence-corrected chi connectivity index (χ0v) is 17.8. The van der Waals surface area contributed by atoms with Gasteiger partial charge in [-0.1, -0.05) is 41.5 Å². The first kappa shape index (κ1) is 20.9. The molecule has 0 aliphatic rings. The van der Waals surface area contributed by atoms with Crippen molar-refractivity contribution < 1.29 is 9.53 Å². The van der Waals surface area contributed by atoms with Gasteiger partial charge in [-0.05, 0) is 31.0 Å². The summed E-state index contributed by atoms with van der Waals surface area (Å²) >= 11 is 4.68. The van der Waals surface area contributed by atoms with Crippen LogP contribution in [0.25, 0.3) is 10.9 Å². The molecule has 142 valence electrons. The number of thioether (sulfide) groups is 1. The van der Waals surface area contributed by atoms with Crippen LogP contribution in [0.3, 0.4) is 0 Å². The molecule has 2 aromatic rings. The summed E-state index contributed by atoms with van der Waals surface area (Å²) in [5.41, 5.74) is 0.481. The molecule has 0 aliphatic heterocycles. The van der Waals surface area contributed by atoms with Gasteiger partial charge in [0.05, 0.1) is 29.3 Å². The first-order valence-electron chi connectivity index (χ1n) is 8.47. The van der Waals surface area contributed by atoms with Gasteiger partial charge in [0, 0.05) is 18.1 Å². The highest BCUT2D eigenvalue weighted by Gasteiger charge is 2.19. The second-order valence-electron chi connectivity index (χ2n) is 6.40. The summed E-state index contributed by atoms with van der Waals surface area (Å²) in [6.07, 6.45) is 0. The highest BCUT2D eigenvalue weighted by molar-refractivity contribution is 9.10. The first-order valence-corrected chi connectivity index (χ1v) is 10.1. The Bertz CT molecular complexity index is 838. The van der Waals surface area contributed by atoms with E-state index < -0.39 is 0 Å². The van der Waals surface area contributed by atoms with Gasteiger partial charge in [0.2, 0.25) is 5.91 Å². The summed E-state index contributed by atoms with van der Waals surface area (Å²) in [6.45, 7) is 7.31. The molecule has 1 aromatic carbocycles. The fraction of sp³-hybridized carbons (Fsp3) is 0.500. The van der Waals surface area contributed by atoms with Crippen LogP contribution in [-0.4, -0.2) is 41.0 Å². The van der Waals surface area contributed by atoms with Crippen molar-refractivity contribution in [1.29, 1.82) is 0 Å². The predicted octanol–water partition coefficient (Wildman–Crippen LogP) is 3.06. The van der Waals surface area contributed by atoms with Crippen LogP contribution in [0.15, 0.2) is 32.6 Å². The molecule has 6 nitrogen and oxygen atoms in total. The molecule has 2 rings (SSSR count). The van der Waals surface area contributed by atoms with E-state index in [0.29, 0.717) is 41.7 Å². The van der Waals surface area contributed by atoms with Crippen molar-refractivity contribution in [3.05, 3.63) is 33.0 Å². The number of hydrogen-bond donors (Lipinski definition) is 1. The van der Waals surface area contributed by atoms with Gasteiger partial charge in [-0.25, -0.2) is 4.98 Å². The lowest BCUT2D eigenvalue weighted by atomic mass is 10.2. The van der Waals surface area contributed by atoms with Crippen molar-refractivity contribution >= 4 is 44.5 Å². The quantitative estimate of drug-likeness (QED) is 0.503. The minimum Gasteiger partial charge on any atom is -0.383 e. The van der Waals surface area contributed by atoms with Gasteiger partial charge in [-0.2, -0.15) is 0 Å². The molecule has 1 heterocycles. The number of carbonyl (C=O) groups is 1. The zero-order chi connectivity index (χ0) is 19.3. The van der Waals surface area contributed by atoms with Crippen molar-refractivity contribution in [2.45, 2.75) is 37.7 Å². The molecular weight excluding hydrogens is 418 g/mol. The van der Waals surface area contributed by atoms with E-state index in [2.05, 4.69) is 26.2 Å². The topological polar surface area (TPSA) is 73.2 Å². The first-order chi connectivity index (χ1) is 12.3. The maximum atomic E-state index is 12.9. The lowest BCUT2D eigenvalue weighted by Gasteiger charge is -2.17. The standard InChI is InChI=1S/C18H24BrN3O3S/c1-11(2)10-20-16(23)12(3)26-18-21-15-6-5-13(19)9-14(15)17(24)22(18)7-8-25-4/h5-6,9,11-12H,7-8,10H2,1-4H3,(H,20,23). The largest absolute Gasteiger partial charge is 0.383 e. The van der Waals surface area contributed by atoms with Crippen LogP contribution in [-0.2, 0) is 16.1 Å². The maximum Gasteiger partial charge on any atom is 0.262 e. The molecule has 1 aromatic heterocycles. The minimum absolute atomic E-state index is 0.0628. The number of rotatable bonds is 8. The normalized spacial score (nSPS) is 12.5. The monoisotopic (exact) mass is 441 g/mol. The summed E-state index contributed by atoms with van der Waals surface area (Å²) in [6, 6.07) is 5.41. The van der Waals surface area contributed by atoms with Crippen LogP contribution < -0.4 is 10.9 Å². The third-order valence-electron chi connectivity index (χ3n) is 3.74. The molecule has 0 saturated heterocycles. The van der Waals surface area contributed by atoms with Crippen molar-refractivity contribution in [1.82, 2.24) is 14.9 Å². The number of benzene rings is 1. The minimum atomic E-state index is -0.359. The molecule has 0 spiro atoms. The number of methoxy groups -OCH3 is 1. The number of amides is 1. The summed E-state index contributed by atoms with van der Waals surface area (Å²) in [5.74, 6) is 0.320. The van der Waals surface area contributed by atoms with Crippen LogP contribution in [0.5, 0.6) is 0 Å². The number of fused-ring (bicyclic) bond motifs is 1. The molecule has 1 N–H and O–H groups in total. The van der Waals surface area contributed by atoms with Gasteiger partial charge < -0.3 is 10.1 Å². The van der Waals surface area contributed by atoms with E-state index in [4.69, 9.17) is 4.74 Å². The molecule has 8 heteroatoms. The molecule has 0 saturated carbocycles. The summed E-state index contributed by atoms with van der Waals surface area (Å²) < 4.78 is 7.53. The molecule has 0 radical (unpaired) electrons. The molecule has 0 bridgehead atoms. The SMILES string of the molecule is COCCn1c(SC(C)C(=O)NCC(C)C)nc2ccc(Br)cc2c1=O. The highest BCUT2D eigenvalue weighted by atomic mass is 79.9. The molecule has 0 aliphatic carbocycles. The van der Waals surface area contributed by atoms with Crippen molar-refractivity contribution in [2.75, 3.05) is 20.3 Å². The third kappa shape index (κ3) is 5.31. The second-order valence-corrected chi connectivity index (χ2v) is 8.63. The Hall–Kier alpha value is -1.38. The molecule has 1 atom stereocenters. The van der Waals surface area contributed by atoms with E-state index in [1.165, 1.54) is 11.8 Å². The maximum absolute atomic E-state index is 12.9. The molecule has 1 unspecified atom stereocenters. The average Bonchev–Trinajstić information content (AvgIpc) is 2.60. The number of nitrogens with zero attached hydrogens (tertiary/aromatic N) is 2. The average molecular weight is 442 g/mol. The van der Waals surface area contributed by atoms with Gasteiger partial charge >= 0.3 is 0 Å². The number of nitrogens with one attached hydrogen (secondary N) is 1. The van der Waals surface area contributed by atoms with Gasteiger partial charge in [-0.3, -0.25) is 14.2 Å². The number of hydrogen-bond acceptors (Lipinski definition) is 5. The summed E-state index contributed by atoms with van der Waals surface area (Å²) in [7, 11) is 1.59. The van der Waals surface area contributed by atoms with Crippen molar-refractivity contribution in [3.8, 4) is 0 Å². The van der Waals surface area contributed by atoms with E-state index in [-0.39, 0.29) is 16.7 Å². The Morgan fingerprint density at radius 2 is 2.12 bits per heavy atom. The van der Waals surface area contributed by atoms with E-state index in [1.54, 1.807) is 23.8 Å². The van der Waals surface area contributed by atoms with E-state index >= 15 is 0 Å². The fourth-order valence-corrected chi connectivity index (χ4v) is 3.62. The molecule has 0 fully saturated rings. The van der Waals surface area contributed by atoms with Crippen molar-refractivity contribution in [2.24, 2.45) is 5.92 Å². The number of ether oxygens (including phenoxy) is 1. The molecule has 1 amide bonds. The van der Waals surface area contributed by atoms with Crippen LogP contribution in [0, 0.1) is 5.92 Å². The van der Waals surface area contributed by atoms with Crippen LogP contribution in [0.2, 0.25) is 0 Å². The second kappa shape index (κ2) is 9.53. The number of aromatic nitrogens is 2. The Morgan fingerprint density at radius 3 is 2.77 bits per heavy atom. The smallest absolute Gasteiger partial charge is 0.262 e. The Labute approximate surface area is 165 Å². The zero-order valence-electron chi connectivity index (χ0n) is 15.4. The highest BCUT2D eigenvalue weighted by Crippen LogP contribution is 2.24. The van der Waals surface area contributed by atoms with Crippen molar-refractivity contribution in [3.63, 3.8) is 0 Å². The predicted molar refractivity (Wildman–Crippen MR) is 109 cm³/mol. The molecular formula is C18H24BrN3O3S. The van der Waals surface area contributed by atoms with E-state index in [9.17, 15) is 9.59 Å². The Morgan fingerprint density at radius 1 is 1.38 bits per heavy atom. The number of halogens is 1. The van der Waals surface area contributed by atoms with Gasteiger partial charge in [0.25, 0.3) is 5.56 Å². The third-order valence-corrected chi connectivity index (χ3v) is 5.32. The Kier molecular flexibility index (Phi) is 7.67. The summed E-state index contributed by atoms with van der Waals surface area (Å²) in [5, 5.41) is 3.62. The lowest BCUT2D eigenvalue weighted by Crippen LogP contribution is -2.34. The molecule has 26 heavy (non-hydrogen) atoms. The van der Waals surface area contributed by atoms with Gasteiger partial charge in [-0.15, -0.1) is 0 Å². The Balaban J connectivity index is 2.36. The van der Waals surface area contributed by atoms with Crippen LogP contribution >= 0.6 is 27.7 Å². The lowest BCUT2D eigenvalue weighted by molar-refractivity contribution is -0.120. The van der Waals surface area contributed by atoms with E-state index in [1.807, 2.05) is 26.8 Å². The van der Waals surface area contributed by atoms with Crippen LogP contribution in [0.1, 0.15) is 20.8 Å². The number of carbonyl (C=O) groups excluding carboxylic acids is 1.